The zero-order valence-electron chi connectivity index (χ0n) is 11.0. The van der Waals surface area contributed by atoms with E-state index >= 15 is 0 Å². The Morgan fingerprint density at radius 3 is 2.12 bits per heavy atom. The maximum absolute atomic E-state index is 13.1. The number of benzene rings is 1. The van der Waals surface area contributed by atoms with Crippen LogP contribution in [0.15, 0.2) is 24.3 Å². The molecule has 0 radical (unpaired) electrons. The van der Waals surface area contributed by atoms with Gasteiger partial charge in [0.2, 0.25) is 0 Å². The Balaban J connectivity index is 2.24. The van der Waals surface area contributed by atoms with Crippen LogP contribution in [0.5, 0.6) is 0 Å². The van der Waals surface area contributed by atoms with Gasteiger partial charge in [0.15, 0.2) is 0 Å². The van der Waals surface area contributed by atoms with Gasteiger partial charge in [-0.15, -0.1) is 0 Å². The molecule has 1 nitrogen and oxygen atoms in total. The van der Waals surface area contributed by atoms with E-state index in [9.17, 15) is 4.39 Å². The van der Waals surface area contributed by atoms with Gasteiger partial charge < -0.3 is 5.73 Å². The lowest BCUT2D eigenvalue weighted by Gasteiger charge is -2.44. The molecule has 94 valence electrons. The topological polar surface area (TPSA) is 26.0 Å². The second kappa shape index (κ2) is 4.09. The lowest BCUT2D eigenvalue weighted by Crippen LogP contribution is -2.48. The minimum atomic E-state index is -0.666. The Bertz CT molecular complexity index is 382. The summed E-state index contributed by atoms with van der Waals surface area (Å²) in [7, 11) is 0. The fourth-order valence-electron chi connectivity index (χ4n) is 2.63. The predicted molar refractivity (Wildman–Crippen MR) is 70.0 cm³/mol. The number of halogens is 1. The van der Waals surface area contributed by atoms with E-state index in [4.69, 9.17) is 5.73 Å². The molecule has 0 heterocycles. The molecule has 0 unspecified atom stereocenters. The monoisotopic (exact) mass is 235 g/mol. The molecule has 0 bridgehead atoms. The molecular formula is C15H22FN. The third-order valence-corrected chi connectivity index (χ3v) is 3.98. The summed E-state index contributed by atoms with van der Waals surface area (Å²) in [5, 5.41) is 0. The molecule has 1 aromatic rings. The first-order chi connectivity index (χ1) is 7.87. The minimum Gasteiger partial charge on any atom is -0.330 e. The van der Waals surface area contributed by atoms with Crippen molar-refractivity contribution in [2.75, 3.05) is 6.54 Å². The Kier molecular flexibility index (Phi) is 3.03. The smallest absolute Gasteiger partial charge is 0.102 e. The molecule has 1 aliphatic carbocycles. The van der Waals surface area contributed by atoms with Crippen LogP contribution >= 0.6 is 0 Å². The molecule has 17 heavy (non-hydrogen) atoms. The van der Waals surface area contributed by atoms with Gasteiger partial charge in [0, 0.05) is 12.0 Å². The van der Waals surface area contributed by atoms with E-state index in [1.807, 2.05) is 0 Å². The first-order valence-corrected chi connectivity index (χ1v) is 6.32. The largest absolute Gasteiger partial charge is 0.330 e. The number of nitrogens with two attached hydrogens (primary N) is 1. The summed E-state index contributed by atoms with van der Waals surface area (Å²) in [6.07, 6.45) is 0.498. The third kappa shape index (κ3) is 2.23. The zero-order valence-corrected chi connectivity index (χ0v) is 11.0. The van der Waals surface area contributed by atoms with Crippen LogP contribution in [-0.4, -0.2) is 12.7 Å². The Labute approximate surface area is 103 Å². The summed E-state index contributed by atoms with van der Waals surface area (Å²) in [4.78, 5) is 0. The van der Waals surface area contributed by atoms with Crippen LogP contribution in [0.25, 0.3) is 0 Å². The number of rotatable bonds is 2. The third-order valence-electron chi connectivity index (χ3n) is 3.98. The molecule has 0 spiro atoms. The summed E-state index contributed by atoms with van der Waals surface area (Å²) in [6, 6.07) is 8.55. The summed E-state index contributed by atoms with van der Waals surface area (Å²) >= 11 is 0. The second-order valence-electron chi connectivity index (χ2n) is 6.32. The van der Waals surface area contributed by atoms with Crippen LogP contribution in [0.3, 0.4) is 0 Å². The fraction of sp³-hybridized carbons (Fsp3) is 0.600. The number of hydrogen-bond donors (Lipinski definition) is 1. The van der Waals surface area contributed by atoms with Gasteiger partial charge in [-0.1, -0.05) is 45.0 Å². The van der Waals surface area contributed by atoms with E-state index < -0.39 is 6.17 Å². The van der Waals surface area contributed by atoms with Crippen LogP contribution in [0.1, 0.15) is 44.7 Å². The van der Waals surface area contributed by atoms with Crippen molar-refractivity contribution in [1.82, 2.24) is 0 Å². The molecule has 1 fully saturated rings. The Hall–Kier alpha value is -0.890. The van der Waals surface area contributed by atoms with Gasteiger partial charge in [0.25, 0.3) is 0 Å². The van der Waals surface area contributed by atoms with Crippen molar-refractivity contribution in [3.8, 4) is 0 Å². The fourth-order valence-corrected chi connectivity index (χ4v) is 2.63. The highest BCUT2D eigenvalue weighted by atomic mass is 19.1. The minimum absolute atomic E-state index is 0.101. The first-order valence-electron chi connectivity index (χ1n) is 6.32. The molecule has 0 amide bonds. The summed E-state index contributed by atoms with van der Waals surface area (Å²) < 4.78 is 13.1. The maximum atomic E-state index is 13.1. The standard InChI is InChI=1S/C15H22FN/c1-14(2,3)11-4-6-12(7-5-11)15(10-17)8-13(16)9-15/h4-7,13H,8-10,17H2,1-3H3. The van der Waals surface area contributed by atoms with E-state index in [1.54, 1.807) is 0 Å². The number of hydrogen-bond acceptors (Lipinski definition) is 1. The second-order valence-corrected chi connectivity index (χ2v) is 6.32. The highest BCUT2D eigenvalue weighted by Crippen LogP contribution is 2.45. The van der Waals surface area contributed by atoms with Crippen LogP contribution in [0, 0.1) is 0 Å². The molecule has 1 aliphatic rings. The van der Waals surface area contributed by atoms with Crippen molar-refractivity contribution in [3.63, 3.8) is 0 Å². The summed E-state index contributed by atoms with van der Waals surface area (Å²) in [5.41, 5.74) is 8.39. The van der Waals surface area contributed by atoms with Gasteiger partial charge in [0.05, 0.1) is 0 Å². The number of alkyl halides is 1. The van der Waals surface area contributed by atoms with E-state index in [-0.39, 0.29) is 10.8 Å². The van der Waals surface area contributed by atoms with Crippen molar-refractivity contribution in [3.05, 3.63) is 35.4 Å². The summed E-state index contributed by atoms with van der Waals surface area (Å²) in [6.45, 7) is 7.13. The van der Waals surface area contributed by atoms with Crippen LogP contribution in [0.4, 0.5) is 4.39 Å². The van der Waals surface area contributed by atoms with Gasteiger partial charge in [-0.25, -0.2) is 4.39 Å². The predicted octanol–water partition coefficient (Wildman–Crippen LogP) is 3.31. The normalized spacial score (nSPS) is 28.9. The average molecular weight is 235 g/mol. The van der Waals surface area contributed by atoms with Crippen molar-refractivity contribution in [1.29, 1.82) is 0 Å². The van der Waals surface area contributed by atoms with Gasteiger partial charge >= 0.3 is 0 Å². The van der Waals surface area contributed by atoms with E-state index in [2.05, 4.69) is 45.0 Å². The van der Waals surface area contributed by atoms with Gasteiger partial charge in [-0.3, -0.25) is 0 Å². The Morgan fingerprint density at radius 2 is 1.76 bits per heavy atom. The highest BCUT2D eigenvalue weighted by molar-refractivity contribution is 5.35. The summed E-state index contributed by atoms with van der Waals surface area (Å²) in [5.74, 6) is 0. The quantitative estimate of drug-likeness (QED) is 0.836. The van der Waals surface area contributed by atoms with Gasteiger partial charge in [-0.05, 0) is 29.4 Å². The zero-order chi connectivity index (χ0) is 12.7. The molecule has 2 rings (SSSR count). The average Bonchev–Trinajstić information content (AvgIpc) is 2.23. The van der Waals surface area contributed by atoms with E-state index in [0.29, 0.717) is 19.4 Å². The molecule has 0 aromatic heterocycles. The van der Waals surface area contributed by atoms with Crippen molar-refractivity contribution < 1.29 is 4.39 Å². The molecule has 2 heteroatoms. The van der Waals surface area contributed by atoms with Crippen LogP contribution in [-0.2, 0) is 10.8 Å². The first kappa shape index (κ1) is 12.6. The van der Waals surface area contributed by atoms with E-state index in [0.717, 1.165) is 0 Å². The van der Waals surface area contributed by atoms with Crippen LogP contribution in [0.2, 0.25) is 0 Å². The van der Waals surface area contributed by atoms with Gasteiger partial charge in [0.1, 0.15) is 6.17 Å². The SMILES string of the molecule is CC(C)(C)c1ccc(C2(CN)CC(F)C2)cc1. The molecule has 1 saturated carbocycles. The molecule has 0 saturated heterocycles. The van der Waals surface area contributed by atoms with Crippen molar-refractivity contribution in [2.45, 2.75) is 50.6 Å². The lowest BCUT2D eigenvalue weighted by atomic mass is 9.63. The van der Waals surface area contributed by atoms with Gasteiger partial charge in [-0.2, -0.15) is 0 Å². The molecular weight excluding hydrogens is 213 g/mol. The maximum Gasteiger partial charge on any atom is 0.102 e. The van der Waals surface area contributed by atoms with Crippen LogP contribution < -0.4 is 5.73 Å². The molecule has 2 N–H and O–H groups in total. The molecule has 0 aliphatic heterocycles. The highest BCUT2D eigenvalue weighted by Gasteiger charge is 2.44. The van der Waals surface area contributed by atoms with E-state index in [1.165, 1.54) is 11.1 Å². The Morgan fingerprint density at radius 1 is 1.24 bits per heavy atom. The lowest BCUT2D eigenvalue weighted by molar-refractivity contribution is 0.0997. The van der Waals surface area contributed by atoms with Crippen molar-refractivity contribution >= 4 is 0 Å². The van der Waals surface area contributed by atoms with Crippen molar-refractivity contribution in [2.24, 2.45) is 5.73 Å². The molecule has 1 aromatic carbocycles. The molecule has 0 atom stereocenters.